The predicted molar refractivity (Wildman–Crippen MR) is 187 cm³/mol. The Kier molecular flexibility index (Phi) is 11.7. The van der Waals surface area contributed by atoms with Crippen molar-refractivity contribution < 1.29 is 19.2 Å². The molecule has 0 bridgehead atoms. The highest BCUT2D eigenvalue weighted by Crippen LogP contribution is 2.32. The molecule has 0 aliphatic rings. The first-order valence-corrected chi connectivity index (χ1v) is 16.0. The normalized spacial score (nSPS) is 10.6. The fourth-order valence-electron chi connectivity index (χ4n) is 3.66. The lowest BCUT2D eigenvalue weighted by Gasteiger charge is -2.32. The van der Waals surface area contributed by atoms with Gasteiger partial charge in [0.1, 0.15) is 0 Å². The molecule has 0 aliphatic carbocycles. The summed E-state index contributed by atoms with van der Waals surface area (Å²) in [5, 5.41) is 5.25. The van der Waals surface area contributed by atoms with Gasteiger partial charge in [0.2, 0.25) is 0 Å². The van der Waals surface area contributed by atoms with Crippen LogP contribution in [0.1, 0.15) is 20.7 Å². The molecule has 0 saturated carbocycles. The first-order valence-electron chi connectivity index (χ1n) is 11.9. The molecule has 0 spiro atoms. The van der Waals surface area contributed by atoms with Crippen LogP contribution >= 0.6 is 108 Å². The van der Waals surface area contributed by atoms with Crippen LogP contribution in [0, 0.1) is 3.57 Å². The van der Waals surface area contributed by atoms with Crippen molar-refractivity contribution in [2.75, 3.05) is 10.6 Å². The minimum atomic E-state index is -1.27. The van der Waals surface area contributed by atoms with Crippen LogP contribution < -0.4 is 10.6 Å². The van der Waals surface area contributed by atoms with Crippen LogP contribution in [0.15, 0.2) is 77.3 Å². The van der Waals surface area contributed by atoms with Gasteiger partial charge in [-0.1, -0.05) is 81.7 Å². The number of nitrogens with zero attached hydrogens (tertiary/aromatic N) is 2. The second-order valence-corrected chi connectivity index (χ2v) is 13.0. The molecular weight excluding hydrogens is 876 g/mol. The maximum absolute atomic E-state index is 14.1. The molecule has 0 radical (unpaired) electrons. The van der Waals surface area contributed by atoms with E-state index in [9.17, 15) is 19.2 Å². The third kappa shape index (κ3) is 7.73. The maximum atomic E-state index is 14.1. The number of rotatable bonds is 4. The highest BCUT2D eigenvalue weighted by atomic mass is 127. The van der Waals surface area contributed by atoms with Gasteiger partial charge in [0.15, 0.2) is 0 Å². The number of imide groups is 2. The first kappa shape index (κ1) is 34.6. The van der Waals surface area contributed by atoms with Gasteiger partial charge in [-0.05, 0) is 99.2 Å². The summed E-state index contributed by atoms with van der Waals surface area (Å²) in [6.45, 7) is 0. The lowest BCUT2D eigenvalue weighted by Crippen LogP contribution is -2.58. The van der Waals surface area contributed by atoms with Gasteiger partial charge in [0.05, 0.1) is 41.3 Å². The van der Waals surface area contributed by atoms with E-state index in [2.05, 4.69) is 26.6 Å². The lowest BCUT2D eigenvalue weighted by molar-refractivity contribution is 0.0314. The van der Waals surface area contributed by atoms with Crippen LogP contribution in [0.4, 0.5) is 21.0 Å². The molecule has 0 unspecified atom stereocenters. The molecule has 4 aromatic carbocycles. The van der Waals surface area contributed by atoms with Crippen LogP contribution in [0.5, 0.6) is 0 Å². The zero-order valence-corrected chi connectivity index (χ0v) is 29.8. The van der Waals surface area contributed by atoms with Crippen molar-refractivity contribution in [2.45, 2.75) is 0 Å². The second kappa shape index (κ2) is 14.9. The molecule has 0 saturated heterocycles. The average molecular weight is 890 g/mol. The summed E-state index contributed by atoms with van der Waals surface area (Å²) in [6.07, 6.45) is 0. The van der Waals surface area contributed by atoms with Gasteiger partial charge >= 0.3 is 12.1 Å². The monoisotopic (exact) mass is 886 g/mol. The Morgan fingerprint density at radius 2 is 0.955 bits per heavy atom. The van der Waals surface area contributed by atoms with E-state index in [0.29, 0.717) is 8.04 Å². The molecule has 8 nitrogen and oxygen atoms in total. The molecule has 4 aromatic rings. The van der Waals surface area contributed by atoms with E-state index in [0.717, 1.165) is 0 Å². The Balaban J connectivity index is 1.92. The van der Waals surface area contributed by atoms with Crippen LogP contribution in [0.2, 0.25) is 30.1 Å². The molecule has 226 valence electrons. The molecule has 0 aromatic heterocycles. The molecule has 0 aliphatic heterocycles. The van der Waals surface area contributed by atoms with Crippen molar-refractivity contribution in [3.8, 4) is 0 Å². The zero-order valence-electron chi connectivity index (χ0n) is 21.5. The van der Waals surface area contributed by atoms with Gasteiger partial charge in [0.25, 0.3) is 11.8 Å². The van der Waals surface area contributed by atoms with E-state index in [1.807, 2.05) is 22.6 Å². The Bertz CT molecular complexity index is 1660. The number of urea groups is 2. The molecular formula is C28H14BrCl6IN4O4. The molecule has 6 amide bonds. The van der Waals surface area contributed by atoms with E-state index in [-0.39, 0.29) is 62.7 Å². The molecule has 2 N–H and O–H groups in total. The number of nitrogens with one attached hydrogen (secondary N) is 2. The topological polar surface area (TPSA) is 98.8 Å². The zero-order chi connectivity index (χ0) is 32.3. The standard InChI is InChI=1S/C28H14BrCl6IN4O4/c29-15-9-7-13(11-20(15)34)37-27(43)39(25(41)23-16(30)3-1-4-17(23)31)40(26(42)24-18(32)5-2-6-19(24)33)28(44)38-14-8-10-22(36)21(35)12-14/h1-12H,(H,37,43)(H,38,44). The second-order valence-electron chi connectivity index (χ2n) is 8.55. The van der Waals surface area contributed by atoms with Crippen LogP contribution in [-0.4, -0.2) is 33.9 Å². The van der Waals surface area contributed by atoms with Crippen molar-refractivity contribution in [1.29, 1.82) is 0 Å². The van der Waals surface area contributed by atoms with Gasteiger partial charge in [-0.2, -0.15) is 10.0 Å². The fourth-order valence-corrected chi connectivity index (χ4v) is 5.73. The molecule has 16 heteroatoms. The first-order chi connectivity index (χ1) is 20.8. The van der Waals surface area contributed by atoms with Crippen molar-refractivity contribution >= 4 is 143 Å². The number of hydrazine groups is 1. The van der Waals surface area contributed by atoms with Crippen LogP contribution in [0.3, 0.4) is 0 Å². The van der Waals surface area contributed by atoms with Gasteiger partial charge in [-0.25, -0.2) is 9.59 Å². The number of benzene rings is 4. The van der Waals surface area contributed by atoms with Crippen LogP contribution in [-0.2, 0) is 0 Å². The van der Waals surface area contributed by atoms with E-state index in [1.54, 1.807) is 6.07 Å². The van der Waals surface area contributed by atoms with Crippen molar-refractivity contribution in [3.05, 3.63) is 122 Å². The number of halogens is 8. The fraction of sp³-hybridized carbons (Fsp3) is 0. The van der Waals surface area contributed by atoms with Gasteiger partial charge in [-0.15, -0.1) is 0 Å². The van der Waals surface area contributed by atoms with Crippen molar-refractivity contribution in [3.63, 3.8) is 0 Å². The number of carbonyl (C=O) groups excluding carboxylic acids is 4. The van der Waals surface area contributed by atoms with E-state index in [1.165, 1.54) is 66.7 Å². The summed E-state index contributed by atoms with van der Waals surface area (Å²) in [4.78, 5) is 56.2. The molecule has 4 rings (SSSR count). The summed E-state index contributed by atoms with van der Waals surface area (Å²) in [5.41, 5.74) is -0.520. The Labute approximate surface area is 302 Å². The molecule has 44 heavy (non-hydrogen) atoms. The van der Waals surface area contributed by atoms with E-state index < -0.39 is 23.9 Å². The van der Waals surface area contributed by atoms with Crippen molar-refractivity contribution in [1.82, 2.24) is 10.0 Å². The predicted octanol–water partition coefficient (Wildman–Crippen LogP) is 10.9. The number of hydrogen-bond acceptors (Lipinski definition) is 4. The van der Waals surface area contributed by atoms with Crippen LogP contribution in [0.25, 0.3) is 0 Å². The third-order valence-electron chi connectivity index (χ3n) is 5.66. The smallest absolute Gasteiger partial charge is 0.306 e. The molecule has 0 atom stereocenters. The average Bonchev–Trinajstić information content (AvgIpc) is 2.95. The summed E-state index contributed by atoms with van der Waals surface area (Å²) in [7, 11) is 0. The summed E-state index contributed by atoms with van der Waals surface area (Å²) >= 11 is 42.9. The van der Waals surface area contributed by atoms with E-state index >= 15 is 0 Å². The summed E-state index contributed by atoms with van der Waals surface area (Å²) in [5.74, 6) is -2.48. The molecule has 0 heterocycles. The van der Waals surface area contributed by atoms with Crippen molar-refractivity contribution in [2.24, 2.45) is 0 Å². The SMILES string of the molecule is O=C(Nc1ccc(Br)c(Cl)c1)N(C(=O)c1c(Cl)cccc1Cl)N(C(=O)Nc1ccc(I)c(Cl)c1)C(=O)c1c(Cl)cccc1Cl. The number of anilines is 2. The Morgan fingerprint density at radius 1 is 0.568 bits per heavy atom. The lowest BCUT2D eigenvalue weighted by atomic mass is 10.2. The maximum Gasteiger partial charge on any atom is 0.348 e. The Hall–Kier alpha value is -2.29. The summed E-state index contributed by atoms with van der Waals surface area (Å²) in [6, 6.07) is 14.7. The highest BCUT2D eigenvalue weighted by molar-refractivity contribution is 14.1. The Morgan fingerprint density at radius 3 is 1.34 bits per heavy atom. The number of hydrogen-bond donors (Lipinski definition) is 2. The number of carbonyl (C=O) groups is 4. The van der Waals surface area contributed by atoms with Gasteiger partial charge < -0.3 is 10.6 Å². The van der Waals surface area contributed by atoms with Gasteiger partial charge in [0, 0.05) is 19.4 Å². The highest BCUT2D eigenvalue weighted by Gasteiger charge is 2.41. The third-order valence-corrected chi connectivity index (χ3v) is 9.73. The summed E-state index contributed by atoms with van der Waals surface area (Å²) < 4.78 is 1.20. The quantitative estimate of drug-likeness (QED) is 0.157. The minimum Gasteiger partial charge on any atom is -0.306 e. The molecule has 0 fully saturated rings. The van der Waals surface area contributed by atoms with Gasteiger partial charge in [-0.3, -0.25) is 9.59 Å². The van der Waals surface area contributed by atoms with E-state index in [4.69, 9.17) is 69.6 Å². The number of amides is 6. The largest absolute Gasteiger partial charge is 0.348 e. The minimum absolute atomic E-state index is 0.110.